The van der Waals surface area contributed by atoms with Crippen molar-refractivity contribution in [3.05, 3.63) is 54.1 Å². The van der Waals surface area contributed by atoms with Gasteiger partial charge in [0.1, 0.15) is 5.75 Å². The van der Waals surface area contributed by atoms with E-state index in [2.05, 4.69) is 62.4 Å². The Morgan fingerprint density at radius 3 is 1.81 bits per heavy atom. The lowest BCUT2D eigenvalue weighted by atomic mass is 9.77. The van der Waals surface area contributed by atoms with Crippen molar-refractivity contribution in [2.24, 2.45) is 5.92 Å². The third-order valence-corrected chi connectivity index (χ3v) is 7.40. The topological polar surface area (TPSA) is 9.23 Å². The lowest BCUT2D eigenvalue weighted by Crippen LogP contribution is -2.13. The van der Waals surface area contributed by atoms with E-state index in [9.17, 15) is 0 Å². The summed E-state index contributed by atoms with van der Waals surface area (Å²) in [6, 6.07) is 18.0. The summed E-state index contributed by atoms with van der Waals surface area (Å²) < 4.78 is 5.79. The average molecular weight is 435 g/mol. The number of ether oxygens (including phenoxy) is 1. The van der Waals surface area contributed by atoms with E-state index in [0.717, 1.165) is 30.6 Å². The molecule has 0 radical (unpaired) electrons. The molecule has 0 N–H and O–H groups in total. The quantitative estimate of drug-likeness (QED) is 0.269. The van der Waals surface area contributed by atoms with E-state index in [1.165, 1.54) is 94.6 Å². The van der Waals surface area contributed by atoms with Gasteiger partial charge in [0.25, 0.3) is 0 Å². The molecule has 0 heterocycles. The van der Waals surface area contributed by atoms with Crippen molar-refractivity contribution in [2.45, 2.75) is 110 Å². The van der Waals surface area contributed by atoms with Crippen LogP contribution >= 0.6 is 0 Å². The number of benzene rings is 2. The highest BCUT2D eigenvalue weighted by atomic mass is 16.5. The van der Waals surface area contributed by atoms with Crippen LogP contribution in [-0.4, -0.2) is 6.61 Å². The van der Waals surface area contributed by atoms with E-state index in [1.54, 1.807) is 5.56 Å². The van der Waals surface area contributed by atoms with E-state index in [-0.39, 0.29) is 0 Å². The van der Waals surface area contributed by atoms with Crippen LogP contribution in [0.4, 0.5) is 0 Å². The van der Waals surface area contributed by atoms with Crippen molar-refractivity contribution in [1.29, 1.82) is 0 Å². The lowest BCUT2D eigenvalue weighted by Gasteiger charge is -2.29. The van der Waals surface area contributed by atoms with Gasteiger partial charge in [-0.25, -0.2) is 0 Å². The van der Waals surface area contributed by atoms with E-state index in [0.29, 0.717) is 0 Å². The van der Waals surface area contributed by atoms with Crippen molar-refractivity contribution in [1.82, 2.24) is 0 Å². The largest absolute Gasteiger partial charge is 0.494 e. The molecule has 176 valence electrons. The first-order valence-electron chi connectivity index (χ1n) is 13.6. The van der Waals surface area contributed by atoms with Gasteiger partial charge >= 0.3 is 0 Å². The van der Waals surface area contributed by atoms with Crippen molar-refractivity contribution >= 4 is 0 Å². The van der Waals surface area contributed by atoms with Gasteiger partial charge in [0, 0.05) is 0 Å². The molecule has 32 heavy (non-hydrogen) atoms. The number of unbranched alkanes of at least 4 members (excludes halogenated alkanes) is 7. The normalized spacial score (nSPS) is 18.6. The minimum atomic E-state index is 0.767. The minimum Gasteiger partial charge on any atom is -0.494 e. The van der Waals surface area contributed by atoms with Crippen LogP contribution in [0.15, 0.2) is 48.5 Å². The molecule has 3 rings (SSSR count). The zero-order chi connectivity index (χ0) is 22.4. The van der Waals surface area contributed by atoms with Crippen molar-refractivity contribution in [3.8, 4) is 16.9 Å². The molecule has 2 aromatic carbocycles. The van der Waals surface area contributed by atoms with Crippen LogP contribution in [0.25, 0.3) is 11.1 Å². The number of rotatable bonds is 14. The van der Waals surface area contributed by atoms with Crippen molar-refractivity contribution < 1.29 is 4.74 Å². The maximum atomic E-state index is 5.79. The zero-order valence-electron chi connectivity index (χ0n) is 20.8. The van der Waals surface area contributed by atoms with Gasteiger partial charge in [-0.1, -0.05) is 108 Å². The van der Waals surface area contributed by atoms with Crippen molar-refractivity contribution in [2.75, 3.05) is 6.61 Å². The van der Waals surface area contributed by atoms with E-state index in [4.69, 9.17) is 4.74 Å². The third-order valence-electron chi connectivity index (χ3n) is 7.40. The Kier molecular flexibility index (Phi) is 11.2. The molecule has 0 spiro atoms. The molecule has 0 aliphatic heterocycles. The maximum absolute atomic E-state index is 5.79. The monoisotopic (exact) mass is 434 g/mol. The second-order valence-corrected chi connectivity index (χ2v) is 9.98. The first-order chi connectivity index (χ1) is 15.8. The summed E-state index contributed by atoms with van der Waals surface area (Å²) in [5.41, 5.74) is 4.13. The highest BCUT2D eigenvalue weighted by molar-refractivity contribution is 5.64. The fourth-order valence-electron chi connectivity index (χ4n) is 5.20. The van der Waals surface area contributed by atoms with Crippen molar-refractivity contribution in [3.63, 3.8) is 0 Å². The van der Waals surface area contributed by atoms with Gasteiger partial charge in [-0.3, -0.25) is 0 Å². The molecule has 0 amide bonds. The first kappa shape index (κ1) is 24.9. The first-order valence-corrected chi connectivity index (χ1v) is 13.6. The molecule has 1 aliphatic carbocycles. The molecule has 0 saturated heterocycles. The van der Waals surface area contributed by atoms with Crippen LogP contribution in [0.2, 0.25) is 0 Å². The minimum absolute atomic E-state index is 0.767. The average Bonchev–Trinajstić information content (AvgIpc) is 2.85. The predicted octanol–water partition coefficient (Wildman–Crippen LogP) is 9.95. The highest BCUT2D eigenvalue weighted by Gasteiger charge is 2.22. The predicted molar refractivity (Wildman–Crippen MR) is 140 cm³/mol. The summed E-state index contributed by atoms with van der Waals surface area (Å²) in [4.78, 5) is 0. The Hall–Kier alpha value is -1.76. The van der Waals surface area contributed by atoms with Crippen LogP contribution in [0.5, 0.6) is 5.75 Å². The Morgan fingerprint density at radius 2 is 1.19 bits per heavy atom. The summed E-state index contributed by atoms with van der Waals surface area (Å²) in [5, 5.41) is 0. The fraction of sp³-hybridized carbons (Fsp3) is 0.613. The molecule has 0 aromatic heterocycles. The molecule has 0 atom stereocenters. The van der Waals surface area contributed by atoms with E-state index < -0.39 is 0 Å². The summed E-state index contributed by atoms with van der Waals surface area (Å²) in [7, 11) is 0. The summed E-state index contributed by atoms with van der Waals surface area (Å²) >= 11 is 0. The highest BCUT2D eigenvalue weighted by Crippen LogP contribution is 2.38. The van der Waals surface area contributed by atoms with Gasteiger partial charge in [-0.2, -0.15) is 0 Å². The standard InChI is InChI=1S/C31H46O/c1-3-5-7-8-9-10-11-12-26-13-15-27(16-14-26)28-17-19-29(20-18-28)30-21-23-31(24-22-30)32-25-6-4-2/h17-24,26-27H,3-16,25H2,1-2H3. The van der Waals surface area contributed by atoms with Gasteiger partial charge in [0.15, 0.2) is 0 Å². The Balaban J connectivity index is 1.38. The van der Waals surface area contributed by atoms with E-state index >= 15 is 0 Å². The van der Waals surface area contributed by atoms with Crippen LogP contribution in [0, 0.1) is 5.92 Å². The molecule has 0 bridgehead atoms. The Labute approximate surface area is 198 Å². The SMILES string of the molecule is CCCCCCCCCC1CCC(c2ccc(-c3ccc(OCCCC)cc3)cc2)CC1. The van der Waals surface area contributed by atoms with Crippen LogP contribution in [-0.2, 0) is 0 Å². The van der Waals surface area contributed by atoms with Crippen LogP contribution in [0.3, 0.4) is 0 Å². The number of hydrogen-bond acceptors (Lipinski definition) is 1. The molecular weight excluding hydrogens is 388 g/mol. The van der Waals surface area contributed by atoms with E-state index in [1.807, 2.05) is 0 Å². The zero-order valence-corrected chi connectivity index (χ0v) is 20.8. The molecule has 1 saturated carbocycles. The Bertz CT molecular complexity index is 722. The van der Waals surface area contributed by atoms with Crippen LogP contribution in [0.1, 0.15) is 115 Å². The molecule has 1 aliphatic rings. The summed E-state index contributed by atoms with van der Waals surface area (Å²) in [5.74, 6) is 2.73. The second kappa shape index (κ2) is 14.4. The summed E-state index contributed by atoms with van der Waals surface area (Å²) in [6.07, 6.45) is 19.4. The molecule has 1 fully saturated rings. The second-order valence-electron chi connectivity index (χ2n) is 9.98. The number of hydrogen-bond donors (Lipinski definition) is 0. The molecule has 0 unspecified atom stereocenters. The fourth-order valence-corrected chi connectivity index (χ4v) is 5.20. The molecule has 1 heteroatoms. The molecular formula is C31H46O. The Morgan fingerprint density at radius 1 is 0.625 bits per heavy atom. The van der Waals surface area contributed by atoms with Gasteiger partial charge in [-0.05, 0) is 72.8 Å². The molecule has 1 nitrogen and oxygen atoms in total. The third kappa shape index (κ3) is 8.30. The maximum Gasteiger partial charge on any atom is 0.119 e. The smallest absolute Gasteiger partial charge is 0.119 e. The van der Waals surface area contributed by atoms with Gasteiger partial charge < -0.3 is 4.74 Å². The summed E-state index contributed by atoms with van der Waals surface area (Å²) in [6.45, 7) is 5.30. The lowest BCUT2D eigenvalue weighted by molar-refractivity contribution is 0.302. The van der Waals surface area contributed by atoms with Gasteiger partial charge in [0.2, 0.25) is 0 Å². The van der Waals surface area contributed by atoms with Gasteiger partial charge in [-0.15, -0.1) is 0 Å². The molecule has 2 aromatic rings. The van der Waals surface area contributed by atoms with Gasteiger partial charge in [0.05, 0.1) is 6.61 Å². The van der Waals surface area contributed by atoms with Crippen LogP contribution < -0.4 is 4.74 Å².